The summed E-state index contributed by atoms with van der Waals surface area (Å²) in [7, 11) is -2.70. The molecule has 3 fully saturated rings. The lowest BCUT2D eigenvalue weighted by Crippen LogP contribution is -2.66. The number of methoxy groups -OCH3 is 1. The summed E-state index contributed by atoms with van der Waals surface area (Å²) >= 11 is 0. The molecule has 0 amide bonds. The van der Waals surface area contributed by atoms with E-state index in [-0.39, 0.29) is 29.1 Å². The molecule has 0 unspecified atom stereocenters. The van der Waals surface area contributed by atoms with Gasteiger partial charge in [0, 0.05) is 23.5 Å². The Morgan fingerprint density at radius 1 is 0.667 bits per heavy atom. The van der Waals surface area contributed by atoms with Crippen LogP contribution < -0.4 is 15.1 Å². The molecule has 78 heavy (non-hydrogen) atoms. The van der Waals surface area contributed by atoms with Gasteiger partial charge in [-0.1, -0.05) is 172 Å². The topological polar surface area (TPSA) is 109 Å². The fourth-order valence-corrected chi connectivity index (χ4v) is 17.9. The van der Waals surface area contributed by atoms with E-state index in [4.69, 9.17) is 47.1 Å². The first-order chi connectivity index (χ1) is 38.0. The second-order valence-corrected chi connectivity index (χ2v) is 28.1. The smallest absolute Gasteiger partial charge is 0.261 e. The van der Waals surface area contributed by atoms with Gasteiger partial charge in [0.05, 0.1) is 80.1 Å². The van der Waals surface area contributed by atoms with Gasteiger partial charge in [-0.15, -0.1) is 0 Å². The van der Waals surface area contributed by atoms with Gasteiger partial charge in [-0.3, -0.25) is 4.21 Å². The van der Waals surface area contributed by atoms with Gasteiger partial charge < -0.3 is 47.1 Å². The van der Waals surface area contributed by atoms with Crippen molar-refractivity contribution in [1.82, 2.24) is 0 Å². The predicted octanol–water partition coefficient (Wildman–Crippen LogP) is 10.7. The predicted molar refractivity (Wildman–Crippen MR) is 306 cm³/mol. The zero-order chi connectivity index (χ0) is 53.6. The van der Waals surface area contributed by atoms with E-state index in [1.807, 2.05) is 55.5 Å². The molecule has 0 aliphatic carbocycles. The Morgan fingerprint density at radius 3 is 2.13 bits per heavy atom. The van der Waals surface area contributed by atoms with Crippen LogP contribution in [0.1, 0.15) is 69.4 Å². The second kappa shape index (κ2) is 24.7. The summed E-state index contributed by atoms with van der Waals surface area (Å²) in [6.45, 7) is 10.4. The molecule has 3 saturated heterocycles. The molecule has 0 N–H and O–H groups in total. The van der Waals surface area contributed by atoms with Crippen LogP contribution in [-0.2, 0) is 59.7 Å². The van der Waals surface area contributed by atoms with Crippen LogP contribution in [0, 0.1) is 6.92 Å². The molecule has 0 saturated carbocycles. The Morgan fingerprint density at radius 2 is 1.40 bits per heavy atom. The van der Waals surface area contributed by atoms with E-state index in [1.165, 1.54) is 15.8 Å². The average molecular weight is 1090 g/mol. The van der Waals surface area contributed by atoms with E-state index in [2.05, 4.69) is 148 Å². The van der Waals surface area contributed by atoms with Crippen molar-refractivity contribution in [3.8, 4) is 5.75 Å². The van der Waals surface area contributed by atoms with Crippen LogP contribution in [0.2, 0.25) is 5.04 Å². The molecule has 6 aromatic rings. The van der Waals surface area contributed by atoms with Crippen LogP contribution in [0.5, 0.6) is 5.75 Å². The molecule has 0 bridgehead atoms. The third-order valence-electron chi connectivity index (χ3n) is 16.1. The van der Waals surface area contributed by atoms with Crippen LogP contribution in [-0.4, -0.2) is 112 Å². The van der Waals surface area contributed by atoms with Crippen LogP contribution in [0.4, 0.5) is 0 Å². The lowest BCUT2D eigenvalue weighted by atomic mass is 9.87. The molecular weight excluding hydrogens is 1020 g/mol. The van der Waals surface area contributed by atoms with Crippen molar-refractivity contribution in [3.63, 3.8) is 0 Å². The maximum absolute atomic E-state index is 14.6. The van der Waals surface area contributed by atoms with E-state index >= 15 is 0 Å². The second-order valence-electron chi connectivity index (χ2n) is 22.3. The largest absolute Gasteiger partial charge is 0.497 e. The minimum atomic E-state index is -2.93. The highest BCUT2D eigenvalue weighted by Crippen LogP contribution is 2.42. The molecule has 0 spiro atoms. The highest BCUT2D eigenvalue weighted by molar-refractivity contribution is 7.85. The molecule has 11 rings (SSSR count). The number of hydrogen-bond donors (Lipinski definition) is 0. The Balaban J connectivity index is 0.911. The third-order valence-corrected chi connectivity index (χ3v) is 22.6. The normalized spacial score (nSPS) is 29.2. The third kappa shape index (κ3) is 12.1. The van der Waals surface area contributed by atoms with E-state index in [0.29, 0.717) is 52.1 Å². The number of aryl methyl sites for hydroxylation is 1. The summed E-state index contributed by atoms with van der Waals surface area (Å²) in [5.41, 5.74) is 3.06. The number of rotatable bonds is 16. The number of benzene rings is 6. The van der Waals surface area contributed by atoms with Crippen molar-refractivity contribution in [2.24, 2.45) is 0 Å². The zero-order valence-electron chi connectivity index (χ0n) is 45.4. The highest BCUT2D eigenvalue weighted by atomic mass is 32.2. The Labute approximate surface area is 463 Å². The molecular formula is C65H74O11SSi. The number of hydrogen-bond acceptors (Lipinski definition) is 11. The highest BCUT2D eigenvalue weighted by Gasteiger charge is 2.54. The minimum absolute atomic E-state index is 0.203. The summed E-state index contributed by atoms with van der Waals surface area (Å²) < 4.78 is 83.6. The number of ether oxygens (including phenoxy) is 9. The van der Waals surface area contributed by atoms with Crippen LogP contribution in [0.15, 0.2) is 181 Å². The van der Waals surface area contributed by atoms with Crippen LogP contribution in [0.25, 0.3) is 10.8 Å². The van der Waals surface area contributed by atoms with Crippen LogP contribution >= 0.6 is 0 Å². The number of fused-ring (bicyclic) bond motifs is 4. The van der Waals surface area contributed by atoms with Crippen molar-refractivity contribution in [2.45, 2.75) is 143 Å². The first-order valence-electron chi connectivity index (χ1n) is 27.8. The van der Waals surface area contributed by atoms with E-state index in [9.17, 15) is 4.21 Å². The molecule has 13 atom stereocenters. The monoisotopic (exact) mass is 1090 g/mol. The maximum atomic E-state index is 14.6. The van der Waals surface area contributed by atoms with Gasteiger partial charge in [-0.25, -0.2) is 0 Å². The lowest BCUT2D eigenvalue weighted by molar-refractivity contribution is -0.304. The summed E-state index contributed by atoms with van der Waals surface area (Å²) in [4.78, 5) is 0.735. The molecule has 0 aromatic heterocycles. The molecule has 5 aliphatic heterocycles. The Kier molecular flexibility index (Phi) is 17.4. The van der Waals surface area contributed by atoms with E-state index < -0.39 is 74.2 Å². The van der Waals surface area contributed by atoms with E-state index in [1.54, 1.807) is 7.11 Å². The van der Waals surface area contributed by atoms with Gasteiger partial charge >= 0.3 is 0 Å². The molecule has 13 heteroatoms. The fraction of sp³-hybridized carbons (Fsp3) is 0.415. The quantitative estimate of drug-likeness (QED) is 0.0683. The standard InChI is InChI=1S/C65H74O11SSi/c1-44-26-34-50(35-27-44)77(66)43-60-57(40-58-62(75-60)63(61-56(74-58)23-14-15-37-68-61)69-41-45-28-29-46-17-12-13-18-48(46)39-45)72-53-24-16-25-54-59(42-70-64(76-54)47-30-32-49(67-5)33-31-47)73-55(53)36-38-71-78(65(2,3)4,51-19-8-6-9-20-51)52-21-10-7-11-22-52/h6-22,25-35,39,53-64H,23-24,36-38,40-43H2,1-5H3/b25-16-/t53-,54+,55+,56+,57+,58-,59-,60-,61+,62-,63-,64-,77+/m1/s1. The van der Waals surface area contributed by atoms with Gasteiger partial charge in [0.2, 0.25) is 0 Å². The summed E-state index contributed by atoms with van der Waals surface area (Å²) in [5.74, 6) is 0.966. The van der Waals surface area contributed by atoms with Gasteiger partial charge in [0.1, 0.15) is 36.3 Å². The molecule has 0 radical (unpaired) electrons. The van der Waals surface area contributed by atoms with Crippen molar-refractivity contribution in [1.29, 1.82) is 0 Å². The van der Waals surface area contributed by atoms with Crippen molar-refractivity contribution < 1.29 is 51.3 Å². The van der Waals surface area contributed by atoms with Gasteiger partial charge in [0.15, 0.2) is 6.29 Å². The zero-order valence-corrected chi connectivity index (χ0v) is 47.3. The van der Waals surface area contributed by atoms with Gasteiger partial charge in [-0.2, -0.15) is 0 Å². The van der Waals surface area contributed by atoms with Gasteiger partial charge in [-0.05, 0) is 88.3 Å². The maximum Gasteiger partial charge on any atom is 0.261 e. The summed E-state index contributed by atoms with van der Waals surface area (Å²) in [6, 6.07) is 52.0. The molecule has 11 nitrogen and oxygen atoms in total. The average Bonchev–Trinajstić information content (AvgIpc) is 3.76. The molecule has 410 valence electrons. The molecule has 6 aromatic carbocycles. The van der Waals surface area contributed by atoms with Crippen molar-refractivity contribution >= 4 is 40.3 Å². The SMILES string of the molecule is COc1ccc([C@@H]2OC[C@H]3O[C@@H](CCO[Si](c4ccccc4)(c4ccccc4)C(C)(C)C)[C@H](O[C@H]4C[C@H]5O[C@H]6CC=CCO[C@@H]6[C@@H](OCc6ccc7ccccc7c6)[C@@H]5O[C@@H]4C[S@](=O)c4ccc(C)cc4)C/C=C\[C@@H]3O2)cc1. The summed E-state index contributed by atoms with van der Waals surface area (Å²) in [5, 5.41) is 4.52. The summed E-state index contributed by atoms with van der Waals surface area (Å²) in [6.07, 6.45) is 5.10. The van der Waals surface area contributed by atoms with Gasteiger partial charge in [0.25, 0.3) is 8.32 Å². The first kappa shape index (κ1) is 54.8. The first-order valence-corrected chi connectivity index (χ1v) is 31.0. The lowest BCUT2D eigenvalue weighted by Gasteiger charge is -2.51. The Bertz CT molecular complexity index is 2950. The fourth-order valence-electron chi connectivity index (χ4n) is 12.1. The minimum Gasteiger partial charge on any atom is -0.497 e. The van der Waals surface area contributed by atoms with Crippen LogP contribution in [0.3, 0.4) is 0 Å². The Hall–Kier alpha value is -5.13. The van der Waals surface area contributed by atoms with Crippen molar-refractivity contribution in [3.05, 3.63) is 193 Å². The van der Waals surface area contributed by atoms with Crippen molar-refractivity contribution in [2.75, 3.05) is 32.7 Å². The van der Waals surface area contributed by atoms with E-state index in [0.717, 1.165) is 32.7 Å². The molecule has 5 heterocycles. The molecule has 5 aliphatic rings.